The fourth-order valence-corrected chi connectivity index (χ4v) is 2.27. The van der Waals surface area contributed by atoms with E-state index in [1.807, 2.05) is 27.0 Å². The number of ether oxygens (including phenoxy) is 1. The van der Waals surface area contributed by atoms with E-state index in [9.17, 15) is 0 Å². The molecule has 0 aliphatic carbocycles. The zero-order chi connectivity index (χ0) is 15.0. The highest BCUT2D eigenvalue weighted by atomic mass is 35.5. The molecular weight excluding hydrogens is 272 g/mol. The number of nitrogens with one attached hydrogen (secondary N) is 1. The molecule has 0 saturated carbocycles. The van der Waals surface area contributed by atoms with Gasteiger partial charge in [0, 0.05) is 20.1 Å². The molecule has 1 rings (SSSR count). The summed E-state index contributed by atoms with van der Waals surface area (Å²) in [4.78, 5) is 2.13. The first-order valence-electron chi connectivity index (χ1n) is 7.36. The Bertz CT molecular complexity index is 396. The van der Waals surface area contributed by atoms with Gasteiger partial charge in [-0.25, -0.2) is 0 Å². The van der Waals surface area contributed by atoms with Crippen LogP contribution in [0.3, 0.4) is 0 Å². The first kappa shape index (κ1) is 17.3. The van der Waals surface area contributed by atoms with E-state index in [4.69, 9.17) is 16.3 Å². The lowest BCUT2D eigenvalue weighted by Crippen LogP contribution is -2.24. The second kappa shape index (κ2) is 9.22. The second-order valence-corrected chi connectivity index (χ2v) is 5.71. The van der Waals surface area contributed by atoms with Gasteiger partial charge in [0.25, 0.3) is 0 Å². The highest BCUT2D eigenvalue weighted by Crippen LogP contribution is 2.26. The normalized spacial score (nSPS) is 11.1. The Hall–Kier alpha value is -0.770. The summed E-state index contributed by atoms with van der Waals surface area (Å²) in [6.07, 6.45) is 1.41. The molecule has 1 aromatic carbocycles. The van der Waals surface area contributed by atoms with Crippen LogP contribution in [-0.4, -0.2) is 32.8 Å². The van der Waals surface area contributed by atoms with Gasteiger partial charge >= 0.3 is 0 Å². The number of halogens is 1. The fourth-order valence-electron chi connectivity index (χ4n) is 1.93. The van der Waals surface area contributed by atoms with Crippen LogP contribution in [0.4, 0.5) is 5.69 Å². The summed E-state index contributed by atoms with van der Waals surface area (Å²) in [7, 11) is 2.04. The number of likely N-dealkylation sites (N-methyl/N-ethyl adjacent to an activating group) is 1. The minimum atomic E-state index is 0.269. The van der Waals surface area contributed by atoms with E-state index in [1.165, 1.54) is 5.56 Å². The molecule has 3 nitrogen and oxygen atoms in total. The Morgan fingerprint density at radius 3 is 2.70 bits per heavy atom. The van der Waals surface area contributed by atoms with Crippen molar-refractivity contribution >= 4 is 17.3 Å². The first-order valence-corrected chi connectivity index (χ1v) is 7.74. The quantitative estimate of drug-likeness (QED) is 0.704. The molecule has 1 aromatic rings. The van der Waals surface area contributed by atoms with E-state index in [0.717, 1.165) is 36.8 Å². The summed E-state index contributed by atoms with van der Waals surface area (Å²) >= 11 is 6.37. The minimum absolute atomic E-state index is 0.269. The zero-order valence-electron chi connectivity index (χ0n) is 13.1. The Morgan fingerprint density at radius 2 is 2.10 bits per heavy atom. The van der Waals surface area contributed by atoms with E-state index < -0.39 is 0 Å². The fraction of sp³-hybridized carbons (Fsp3) is 0.625. The van der Waals surface area contributed by atoms with E-state index >= 15 is 0 Å². The molecule has 0 fully saturated rings. The molecule has 0 atom stereocenters. The number of hydrogen-bond donors (Lipinski definition) is 1. The van der Waals surface area contributed by atoms with Crippen molar-refractivity contribution in [3.05, 3.63) is 28.8 Å². The van der Waals surface area contributed by atoms with Gasteiger partial charge in [-0.2, -0.15) is 0 Å². The SMILES string of the molecule is CCCNCc1ccc(N(C)CCOC(C)C)c(Cl)c1. The topological polar surface area (TPSA) is 24.5 Å². The standard InChI is InChI=1S/C16H27ClN2O/c1-5-8-18-12-14-6-7-16(15(17)11-14)19(4)9-10-20-13(2)3/h6-7,11,13,18H,5,8-10,12H2,1-4H3. The highest BCUT2D eigenvalue weighted by molar-refractivity contribution is 6.33. The molecule has 4 heteroatoms. The van der Waals surface area contributed by atoms with Crippen LogP contribution in [0.25, 0.3) is 0 Å². The van der Waals surface area contributed by atoms with Crippen molar-refractivity contribution in [2.75, 3.05) is 31.6 Å². The van der Waals surface area contributed by atoms with E-state index in [1.54, 1.807) is 0 Å². The molecule has 0 aliphatic heterocycles. The van der Waals surface area contributed by atoms with Gasteiger partial charge in [0.2, 0.25) is 0 Å². The molecule has 0 radical (unpaired) electrons. The van der Waals surface area contributed by atoms with Crippen molar-refractivity contribution in [1.29, 1.82) is 0 Å². The van der Waals surface area contributed by atoms with Crippen molar-refractivity contribution < 1.29 is 4.74 Å². The van der Waals surface area contributed by atoms with E-state index in [2.05, 4.69) is 29.3 Å². The summed E-state index contributed by atoms with van der Waals surface area (Å²) in [5.74, 6) is 0. The summed E-state index contributed by atoms with van der Waals surface area (Å²) in [5.41, 5.74) is 2.28. The molecule has 0 bridgehead atoms. The van der Waals surface area contributed by atoms with Crippen LogP contribution in [0.1, 0.15) is 32.8 Å². The van der Waals surface area contributed by atoms with Crippen LogP contribution in [-0.2, 0) is 11.3 Å². The lowest BCUT2D eigenvalue weighted by Gasteiger charge is -2.21. The molecule has 0 saturated heterocycles. The smallest absolute Gasteiger partial charge is 0.0644 e. The number of benzene rings is 1. The Labute approximate surface area is 128 Å². The lowest BCUT2D eigenvalue weighted by molar-refractivity contribution is 0.0846. The lowest BCUT2D eigenvalue weighted by atomic mass is 10.2. The number of nitrogens with zero attached hydrogens (tertiary/aromatic N) is 1. The predicted octanol–water partition coefficient (Wildman–Crippen LogP) is 3.70. The molecule has 0 aromatic heterocycles. The molecule has 20 heavy (non-hydrogen) atoms. The van der Waals surface area contributed by atoms with Crippen LogP contribution in [0.2, 0.25) is 5.02 Å². The van der Waals surface area contributed by atoms with Crippen LogP contribution in [0.5, 0.6) is 0 Å². The molecule has 0 aliphatic rings. The average Bonchev–Trinajstić information content (AvgIpc) is 2.38. The molecular formula is C16H27ClN2O. The predicted molar refractivity (Wildman–Crippen MR) is 87.8 cm³/mol. The number of hydrogen-bond acceptors (Lipinski definition) is 3. The number of anilines is 1. The maximum atomic E-state index is 6.37. The van der Waals surface area contributed by atoms with Gasteiger partial charge in [-0.1, -0.05) is 24.6 Å². The summed E-state index contributed by atoms with van der Waals surface area (Å²) in [5, 5.41) is 4.18. The van der Waals surface area contributed by atoms with Crippen molar-refractivity contribution in [2.45, 2.75) is 39.8 Å². The maximum absolute atomic E-state index is 6.37. The Morgan fingerprint density at radius 1 is 1.35 bits per heavy atom. The third kappa shape index (κ3) is 6.12. The zero-order valence-corrected chi connectivity index (χ0v) is 13.8. The average molecular weight is 299 g/mol. The van der Waals surface area contributed by atoms with Crippen molar-refractivity contribution in [3.8, 4) is 0 Å². The van der Waals surface area contributed by atoms with Gasteiger partial charge in [-0.15, -0.1) is 0 Å². The van der Waals surface area contributed by atoms with E-state index in [-0.39, 0.29) is 6.10 Å². The molecule has 1 N–H and O–H groups in total. The van der Waals surface area contributed by atoms with Gasteiger partial charge in [0.15, 0.2) is 0 Å². The summed E-state index contributed by atoms with van der Waals surface area (Å²) in [6, 6.07) is 6.25. The van der Waals surface area contributed by atoms with Gasteiger partial charge < -0.3 is 15.0 Å². The molecule has 0 unspecified atom stereocenters. The Kier molecular flexibility index (Phi) is 7.97. The van der Waals surface area contributed by atoms with Gasteiger partial charge in [-0.3, -0.25) is 0 Å². The Balaban J connectivity index is 2.53. The molecule has 0 amide bonds. The third-order valence-electron chi connectivity index (χ3n) is 3.06. The van der Waals surface area contributed by atoms with Gasteiger partial charge in [0.05, 0.1) is 23.4 Å². The molecule has 0 heterocycles. The largest absolute Gasteiger partial charge is 0.377 e. The second-order valence-electron chi connectivity index (χ2n) is 5.30. The molecule has 0 spiro atoms. The maximum Gasteiger partial charge on any atom is 0.0644 e. The summed E-state index contributed by atoms with van der Waals surface area (Å²) in [6.45, 7) is 9.71. The minimum Gasteiger partial charge on any atom is -0.377 e. The van der Waals surface area contributed by atoms with Crippen molar-refractivity contribution in [3.63, 3.8) is 0 Å². The first-order chi connectivity index (χ1) is 9.54. The monoisotopic (exact) mass is 298 g/mol. The van der Waals surface area contributed by atoms with Crippen molar-refractivity contribution in [2.24, 2.45) is 0 Å². The number of rotatable bonds is 9. The van der Waals surface area contributed by atoms with Crippen LogP contribution >= 0.6 is 11.6 Å². The van der Waals surface area contributed by atoms with Crippen LogP contribution in [0, 0.1) is 0 Å². The van der Waals surface area contributed by atoms with Gasteiger partial charge in [-0.05, 0) is 44.5 Å². The van der Waals surface area contributed by atoms with Gasteiger partial charge in [0.1, 0.15) is 0 Å². The third-order valence-corrected chi connectivity index (χ3v) is 3.36. The summed E-state index contributed by atoms with van der Waals surface area (Å²) < 4.78 is 5.57. The highest BCUT2D eigenvalue weighted by Gasteiger charge is 2.07. The van der Waals surface area contributed by atoms with Crippen molar-refractivity contribution in [1.82, 2.24) is 5.32 Å². The van der Waals surface area contributed by atoms with E-state index in [0.29, 0.717) is 6.61 Å². The molecule has 114 valence electrons. The van der Waals surface area contributed by atoms with Crippen LogP contribution in [0.15, 0.2) is 18.2 Å². The van der Waals surface area contributed by atoms with Crippen LogP contribution < -0.4 is 10.2 Å².